The fourth-order valence-electron chi connectivity index (χ4n) is 3.46. The fraction of sp³-hybridized carbons (Fsp3) is 0.458. The standard InChI is InChI=1S/C24H32N2O2/c1-5-18(2)19-12-14-20(15-13-19)28-17-9-8-16-26-22-11-7-6-10-21(22)25-23(26)24(3,4)27/h6-7,10-15,18,27H,5,8-9,16-17H2,1-4H3. The van der Waals surface area contributed by atoms with E-state index in [2.05, 4.69) is 53.7 Å². The predicted molar refractivity (Wildman–Crippen MR) is 115 cm³/mol. The molecule has 4 heteroatoms. The van der Waals surface area contributed by atoms with Gasteiger partial charge in [-0.05, 0) is 68.9 Å². The van der Waals surface area contributed by atoms with Gasteiger partial charge in [0.1, 0.15) is 17.2 Å². The summed E-state index contributed by atoms with van der Waals surface area (Å²) < 4.78 is 8.04. The van der Waals surface area contributed by atoms with Crippen LogP contribution in [-0.2, 0) is 12.1 Å². The summed E-state index contributed by atoms with van der Waals surface area (Å²) in [6.07, 6.45) is 3.06. The Kier molecular flexibility index (Phi) is 6.40. The van der Waals surface area contributed by atoms with Crippen LogP contribution in [0.5, 0.6) is 5.75 Å². The highest BCUT2D eigenvalue weighted by Crippen LogP contribution is 2.25. The van der Waals surface area contributed by atoms with Gasteiger partial charge < -0.3 is 14.4 Å². The van der Waals surface area contributed by atoms with Crippen LogP contribution in [0.2, 0.25) is 0 Å². The maximum absolute atomic E-state index is 10.5. The maximum atomic E-state index is 10.5. The van der Waals surface area contributed by atoms with Crippen molar-refractivity contribution in [2.75, 3.05) is 6.61 Å². The molecule has 1 aromatic heterocycles. The molecule has 0 radical (unpaired) electrons. The fourth-order valence-corrected chi connectivity index (χ4v) is 3.46. The van der Waals surface area contributed by atoms with Crippen LogP contribution in [0.25, 0.3) is 11.0 Å². The van der Waals surface area contributed by atoms with Crippen molar-refractivity contribution in [1.82, 2.24) is 9.55 Å². The number of aryl methyl sites for hydroxylation is 1. The molecule has 3 rings (SSSR count). The first-order valence-electron chi connectivity index (χ1n) is 10.3. The second kappa shape index (κ2) is 8.78. The molecule has 2 aromatic carbocycles. The number of fused-ring (bicyclic) bond motifs is 1. The van der Waals surface area contributed by atoms with Crippen LogP contribution < -0.4 is 4.74 Å². The Bertz CT molecular complexity index is 891. The van der Waals surface area contributed by atoms with E-state index >= 15 is 0 Å². The molecule has 0 aliphatic carbocycles. The molecule has 1 heterocycles. The minimum Gasteiger partial charge on any atom is -0.494 e. The highest BCUT2D eigenvalue weighted by molar-refractivity contribution is 5.76. The molecule has 0 aliphatic heterocycles. The topological polar surface area (TPSA) is 47.3 Å². The lowest BCUT2D eigenvalue weighted by atomic mass is 9.99. The Morgan fingerprint density at radius 1 is 1.07 bits per heavy atom. The molecule has 28 heavy (non-hydrogen) atoms. The molecular formula is C24H32N2O2. The first kappa shape index (κ1) is 20.4. The maximum Gasteiger partial charge on any atom is 0.141 e. The van der Waals surface area contributed by atoms with E-state index in [0.29, 0.717) is 12.5 Å². The molecule has 3 aromatic rings. The van der Waals surface area contributed by atoms with Gasteiger partial charge in [-0.15, -0.1) is 0 Å². The van der Waals surface area contributed by atoms with E-state index in [1.165, 1.54) is 5.56 Å². The van der Waals surface area contributed by atoms with Gasteiger partial charge in [-0.2, -0.15) is 0 Å². The zero-order chi connectivity index (χ0) is 20.1. The minimum absolute atomic E-state index is 0.587. The van der Waals surface area contributed by atoms with Gasteiger partial charge in [0.05, 0.1) is 17.6 Å². The molecule has 0 fully saturated rings. The number of imidazole rings is 1. The van der Waals surface area contributed by atoms with Crippen LogP contribution in [0.4, 0.5) is 0 Å². The Balaban J connectivity index is 1.56. The van der Waals surface area contributed by atoms with Gasteiger partial charge in [0.2, 0.25) is 0 Å². The molecule has 150 valence electrons. The molecule has 0 aliphatic rings. The molecule has 4 nitrogen and oxygen atoms in total. The number of rotatable bonds is 9. The first-order chi connectivity index (χ1) is 13.4. The minimum atomic E-state index is -0.965. The van der Waals surface area contributed by atoms with E-state index in [1.807, 2.05) is 18.2 Å². The SMILES string of the molecule is CCC(C)c1ccc(OCCCCn2c(C(C)(C)O)nc3ccccc32)cc1. The second-order valence-corrected chi connectivity index (χ2v) is 8.07. The van der Waals surface area contributed by atoms with Gasteiger partial charge in [-0.25, -0.2) is 4.98 Å². The lowest BCUT2D eigenvalue weighted by molar-refractivity contribution is 0.0650. The Labute approximate surface area is 168 Å². The third-order valence-corrected chi connectivity index (χ3v) is 5.31. The summed E-state index contributed by atoms with van der Waals surface area (Å²) in [5.41, 5.74) is 2.40. The van der Waals surface area contributed by atoms with Crippen molar-refractivity contribution in [2.24, 2.45) is 0 Å². The van der Waals surface area contributed by atoms with E-state index in [0.717, 1.165) is 48.4 Å². The van der Waals surface area contributed by atoms with Crippen molar-refractivity contribution in [2.45, 2.75) is 65.0 Å². The van der Waals surface area contributed by atoms with E-state index < -0.39 is 5.60 Å². The van der Waals surface area contributed by atoms with Crippen LogP contribution in [0.3, 0.4) is 0 Å². The summed E-state index contributed by atoms with van der Waals surface area (Å²) >= 11 is 0. The van der Waals surface area contributed by atoms with Gasteiger partial charge in [-0.1, -0.05) is 38.1 Å². The molecule has 0 bridgehead atoms. The van der Waals surface area contributed by atoms with E-state index in [9.17, 15) is 5.11 Å². The normalized spacial score (nSPS) is 13.0. The van der Waals surface area contributed by atoms with E-state index in [1.54, 1.807) is 13.8 Å². The predicted octanol–water partition coefficient (Wildman–Crippen LogP) is 5.64. The van der Waals surface area contributed by atoms with Crippen molar-refractivity contribution in [3.63, 3.8) is 0 Å². The van der Waals surface area contributed by atoms with Crippen LogP contribution >= 0.6 is 0 Å². The van der Waals surface area contributed by atoms with Crippen molar-refractivity contribution in [1.29, 1.82) is 0 Å². The second-order valence-electron chi connectivity index (χ2n) is 8.07. The lowest BCUT2D eigenvalue weighted by Crippen LogP contribution is -2.22. The quantitative estimate of drug-likeness (QED) is 0.489. The number of ether oxygens (including phenoxy) is 1. The smallest absolute Gasteiger partial charge is 0.141 e. The van der Waals surface area contributed by atoms with Gasteiger partial charge >= 0.3 is 0 Å². The summed E-state index contributed by atoms with van der Waals surface area (Å²) in [6, 6.07) is 16.5. The number of unbranched alkanes of at least 4 members (excludes halogenated alkanes) is 1. The van der Waals surface area contributed by atoms with Crippen molar-refractivity contribution >= 4 is 11.0 Å². The summed E-state index contributed by atoms with van der Waals surface area (Å²) in [5.74, 6) is 2.23. The molecule has 0 saturated carbocycles. The molecular weight excluding hydrogens is 348 g/mol. The Morgan fingerprint density at radius 3 is 2.46 bits per heavy atom. The molecule has 0 amide bonds. The van der Waals surface area contributed by atoms with Crippen LogP contribution in [0, 0.1) is 0 Å². The van der Waals surface area contributed by atoms with Crippen LogP contribution in [0.15, 0.2) is 48.5 Å². The molecule has 1 N–H and O–H groups in total. The number of benzene rings is 2. The monoisotopic (exact) mass is 380 g/mol. The molecule has 1 atom stereocenters. The van der Waals surface area contributed by atoms with Crippen molar-refractivity contribution < 1.29 is 9.84 Å². The highest BCUT2D eigenvalue weighted by atomic mass is 16.5. The summed E-state index contributed by atoms with van der Waals surface area (Å²) in [5, 5.41) is 10.5. The largest absolute Gasteiger partial charge is 0.494 e. The number of para-hydroxylation sites is 2. The van der Waals surface area contributed by atoms with Crippen LogP contribution in [-0.4, -0.2) is 21.3 Å². The van der Waals surface area contributed by atoms with Crippen molar-refractivity contribution in [3.05, 3.63) is 59.9 Å². The average Bonchev–Trinajstić information content (AvgIpc) is 3.07. The average molecular weight is 381 g/mol. The third kappa shape index (κ3) is 4.74. The number of aliphatic hydroxyl groups is 1. The summed E-state index contributed by atoms with van der Waals surface area (Å²) in [4.78, 5) is 4.64. The molecule has 0 spiro atoms. The highest BCUT2D eigenvalue weighted by Gasteiger charge is 2.24. The zero-order valence-electron chi connectivity index (χ0n) is 17.5. The van der Waals surface area contributed by atoms with Gasteiger partial charge in [0.15, 0.2) is 0 Å². The summed E-state index contributed by atoms with van der Waals surface area (Å²) in [6.45, 7) is 9.54. The Morgan fingerprint density at radius 2 is 1.79 bits per heavy atom. The van der Waals surface area contributed by atoms with Gasteiger partial charge in [0.25, 0.3) is 0 Å². The Hall–Kier alpha value is -2.33. The number of hydrogen-bond acceptors (Lipinski definition) is 3. The number of hydrogen-bond donors (Lipinski definition) is 1. The van der Waals surface area contributed by atoms with Crippen LogP contribution in [0.1, 0.15) is 64.3 Å². The number of aromatic nitrogens is 2. The summed E-state index contributed by atoms with van der Waals surface area (Å²) in [7, 11) is 0. The zero-order valence-corrected chi connectivity index (χ0v) is 17.5. The number of nitrogens with zero attached hydrogens (tertiary/aromatic N) is 2. The lowest BCUT2D eigenvalue weighted by Gasteiger charge is -2.19. The third-order valence-electron chi connectivity index (χ3n) is 5.31. The first-order valence-corrected chi connectivity index (χ1v) is 10.3. The van der Waals surface area contributed by atoms with E-state index in [4.69, 9.17) is 4.74 Å². The molecule has 0 saturated heterocycles. The van der Waals surface area contributed by atoms with Crippen molar-refractivity contribution in [3.8, 4) is 5.75 Å². The molecule has 1 unspecified atom stereocenters. The van der Waals surface area contributed by atoms with E-state index in [-0.39, 0.29) is 0 Å². The van der Waals surface area contributed by atoms with Gasteiger partial charge in [-0.3, -0.25) is 0 Å². The van der Waals surface area contributed by atoms with Gasteiger partial charge in [0, 0.05) is 6.54 Å².